The van der Waals surface area contributed by atoms with Crippen molar-refractivity contribution in [1.29, 1.82) is 0 Å². The molecule has 2 atom stereocenters. The van der Waals surface area contributed by atoms with Crippen LogP contribution in [-0.4, -0.2) is 30.1 Å². The highest BCUT2D eigenvalue weighted by atomic mass is 16.5. The van der Waals surface area contributed by atoms with Crippen LogP contribution >= 0.6 is 0 Å². The van der Waals surface area contributed by atoms with Crippen LogP contribution in [0.5, 0.6) is 0 Å². The Morgan fingerprint density at radius 3 is 2.84 bits per heavy atom. The zero-order chi connectivity index (χ0) is 13.8. The van der Waals surface area contributed by atoms with Gasteiger partial charge in [-0.05, 0) is 44.7 Å². The van der Waals surface area contributed by atoms with Crippen molar-refractivity contribution in [2.45, 2.75) is 39.7 Å². The fourth-order valence-corrected chi connectivity index (χ4v) is 2.50. The van der Waals surface area contributed by atoms with E-state index >= 15 is 0 Å². The molecule has 0 bridgehead atoms. The van der Waals surface area contributed by atoms with E-state index in [2.05, 4.69) is 23.7 Å². The lowest BCUT2D eigenvalue weighted by Gasteiger charge is -2.37. The summed E-state index contributed by atoms with van der Waals surface area (Å²) in [4.78, 5) is 18.3. The van der Waals surface area contributed by atoms with Crippen LogP contribution in [0.2, 0.25) is 0 Å². The Labute approximate surface area is 114 Å². The highest BCUT2D eigenvalue weighted by Gasteiger charge is 2.23. The van der Waals surface area contributed by atoms with Gasteiger partial charge in [0.2, 0.25) is 0 Å². The first-order valence-corrected chi connectivity index (χ1v) is 7.01. The summed E-state index contributed by atoms with van der Waals surface area (Å²) in [6.07, 6.45) is 4.08. The Morgan fingerprint density at radius 1 is 1.42 bits per heavy atom. The van der Waals surface area contributed by atoms with Crippen LogP contribution < -0.4 is 4.90 Å². The molecule has 19 heavy (non-hydrogen) atoms. The molecule has 4 nitrogen and oxygen atoms in total. The second-order valence-electron chi connectivity index (χ2n) is 5.31. The van der Waals surface area contributed by atoms with Gasteiger partial charge in [-0.15, -0.1) is 0 Å². The molecule has 0 N–H and O–H groups in total. The fraction of sp³-hybridized carbons (Fsp3) is 0.600. The summed E-state index contributed by atoms with van der Waals surface area (Å²) in [6, 6.07) is 4.23. The number of hydrogen-bond donors (Lipinski definition) is 0. The van der Waals surface area contributed by atoms with Gasteiger partial charge in [0.05, 0.1) is 12.2 Å². The third kappa shape index (κ3) is 3.25. The highest BCUT2D eigenvalue weighted by molar-refractivity contribution is 5.89. The molecule has 104 valence electrons. The molecule has 2 heterocycles. The van der Waals surface area contributed by atoms with Crippen molar-refractivity contribution in [2.24, 2.45) is 5.92 Å². The van der Waals surface area contributed by atoms with Crippen molar-refractivity contribution in [2.75, 3.05) is 18.1 Å². The van der Waals surface area contributed by atoms with Crippen molar-refractivity contribution >= 4 is 11.8 Å². The van der Waals surface area contributed by atoms with E-state index in [0.717, 1.165) is 12.4 Å². The van der Waals surface area contributed by atoms with Crippen LogP contribution in [0, 0.1) is 5.92 Å². The Bertz CT molecular complexity index is 430. The first-order chi connectivity index (χ1) is 9.11. The molecule has 0 saturated carbocycles. The number of hydrogen-bond acceptors (Lipinski definition) is 4. The lowest BCUT2D eigenvalue weighted by atomic mass is 9.95. The van der Waals surface area contributed by atoms with Crippen LogP contribution in [0.3, 0.4) is 0 Å². The van der Waals surface area contributed by atoms with E-state index in [9.17, 15) is 4.79 Å². The zero-order valence-electron chi connectivity index (χ0n) is 11.9. The molecule has 1 fully saturated rings. The molecular formula is C15H22N2O2. The largest absolute Gasteiger partial charge is 0.462 e. The van der Waals surface area contributed by atoms with Crippen LogP contribution in [0.4, 0.5) is 5.82 Å². The number of esters is 1. The zero-order valence-corrected chi connectivity index (χ0v) is 11.9. The second-order valence-corrected chi connectivity index (χ2v) is 5.31. The van der Waals surface area contributed by atoms with Crippen molar-refractivity contribution in [3.63, 3.8) is 0 Å². The van der Waals surface area contributed by atoms with Gasteiger partial charge in [-0.3, -0.25) is 0 Å². The number of nitrogens with zero attached hydrogens (tertiary/aromatic N) is 2. The van der Waals surface area contributed by atoms with Crippen molar-refractivity contribution < 1.29 is 9.53 Å². The number of anilines is 1. The minimum absolute atomic E-state index is 0.304. The van der Waals surface area contributed by atoms with Crippen LogP contribution in [-0.2, 0) is 4.74 Å². The number of ether oxygens (including phenoxy) is 1. The molecule has 1 aromatic heterocycles. The fourth-order valence-electron chi connectivity index (χ4n) is 2.50. The summed E-state index contributed by atoms with van der Waals surface area (Å²) in [5, 5.41) is 0. The third-order valence-electron chi connectivity index (χ3n) is 3.67. The van der Waals surface area contributed by atoms with Crippen LogP contribution in [0.15, 0.2) is 18.3 Å². The molecule has 1 saturated heterocycles. The first kappa shape index (κ1) is 13.8. The number of aromatic nitrogens is 1. The lowest BCUT2D eigenvalue weighted by Crippen LogP contribution is -2.41. The predicted molar refractivity (Wildman–Crippen MR) is 75.4 cm³/mol. The topological polar surface area (TPSA) is 42.4 Å². The maximum absolute atomic E-state index is 11.6. The van der Waals surface area contributed by atoms with Gasteiger partial charge < -0.3 is 9.64 Å². The summed E-state index contributed by atoms with van der Waals surface area (Å²) in [5.41, 5.74) is 0.517. The summed E-state index contributed by atoms with van der Waals surface area (Å²) in [6.45, 7) is 7.73. The average Bonchev–Trinajstić information content (AvgIpc) is 2.42. The van der Waals surface area contributed by atoms with E-state index in [4.69, 9.17) is 4.74 Å². The normalized spacial score (nSPS) is 23.2. The minimum Gasteiger partial charge on any atom is -0.462 e. The van der Waals surface area contributed by atoms with E-state index < -0.39 is 0 Å². The van der Waals surface area contributed by atoms with Gasteiger partial charge >= 0.3 is 5.97 Å². The van der Waals surface area contributed by atoms with E-state index in [1.807, 2.05) is 6.07 Å². The molecule has 0 aliphatic carbocycles. The van der Waals surface area contributed by atoms with E-state index in [-0.39, 0.29) is 5.97 Å². The molecule has 2 unspecified atom stereocenters. The van der Waals surface area contributed by atoms with Gasteiger partial charge in [0, 0.05) is 18.8 Å². The predicted octanol–water partition coefficient (Wildman–Crippen LogP) is 2.88. The molecule has 0 aromatic carbocycles. The van der Waals surface area contributed by atoms with Gasteiger partial charge in [0.25, 0.3) is 0 Å². The molecule has 1 aromatic rings. The smallest absolute Gasteiger partial charge is 0.339 e. The Hall–Kier alpha value is -1.58. The van der Waals surface area contributed by atoms with Gasteiger partial charge in [-0.1, -0.05) is 6.92 Å². The van der Waals surface area contributed by atoms with Gasteiger partial charge in [0.1, 0.15) is 5.82 Å². The molecular weight excluding hydrogens is 240 g/mol. The van der Waals surface area contributed by atoms with E-state index in [0.29, 0.717) is 24.1 Å². The maximum Gasteiger partial charge on any atom is 0.339 e. The molecule has 0 radical (unpaired) electrons. The standard InChI is InChI=1S/C15H22N2O2/c1-4-19-15(18)13-7-8-14(16-9-13)17-10-11(2)5-6-12(17)3/h7-9,11-12H,4-6,10H2,1-3H3. The molecule has 1 aliphatic heterocycles. The quantitative estimate of drug-likeness (QED) is 0.786. The SMILES string of the molecule is CCOC(=O)c1ccc(N2CC(C)CCC2C)nc1. The number of piperidine rings is 1. The Kier molecular flexibility index (Phi) is 4.40. The van der Waals surface area contributed by atoms with Gasteiger partial charge in [-0.25, -0.2) is 9.78 Å². The number of carbonyl (C=O) groups is 1. The van der Waals surface area contributed by atoms with Gasteiger partial charge in [0.15, 0.2) is 0 Å². The average molecular weight is 262 g/mol. The molecule has 0 spiro atoms. The summed E-state index contributed by atoms with van der Waals surface area (Å²) < 4.78 is 4.96. The highest BCUT2D eigenvalue weighted by Crippen LogP contribution is 2.26. The van der Waals surface area contributed by atoms with Crippen molar-refractivity contribution in [3.8, 4) is 0 Å². The lowest BCUT2D eigenvalue weighted by molar-refractivity contribution is 0.0526. The van der Waals surface area contributed by atoms with Crippen molar-refractivity contribution in [1.82, 2.24) is 4.98 Å². The Balaban J connectivity index is 2.11. The van der Waals surface area contributed by atoms with E-state index in [1.54, 1.807) is 19.2 Å². The number of pyridine rings is 1. The molecule has 2 rings (SSSR count). The third-order valence-corrected chi connectivity index (χ3v) is 3.67. The molecule has 4 heteroatoms. The minimum atomic E-state index is -0.304. The summed E-state index contributed by atoms with van der Waals surface area (Å²) >= 11 is 0. The van der Waals surface area contributed by atoms with Gasteiger partial charge in [-0.2, -0.15) is 0 Å². The van der Waals surface area contributed by atoms with Crippen LogP contribution in [0.25, 0.3) is 0 Å². The summed E-state index contributed by atoms with van der Waals surface area (Å²) in [7, 11) is 0. The van der Waals surface area contributed by atoms with Crippen molar-refractivity contribution in [3.05, 3.63) is 23.9 Å². The Morgan fingerprint density at radius 2 is 2.21 bits per heavy atom. The van der Waals surface area contributed by atoms with Crippen LogP contribution in [0.1, 0.15) is 44.0 Å². The number of carbonyl (C=O) groups excluding carboxylic acids is 1. The monoisotopic (exact) mass is 262 g/mol. The first-order valence-electron chi connectivity index (χ1n) is 7.01. The maximum atomic E-state index is 11.6. The van der Waals surface area contributed by atoms with E-state index in [1.165, 1.54) is 12.8 Å². The molecule has 0 amide bonds. The number of rotatable bonds is 3. The second kappa shape index (κ2) is 6.04. The summed E-state index contributed by atoms with van der Waals surface area (Å²) in [5.74, 6) is 1.34. The molecule has 1 aliphatic rings.